The highest BCUT2D eigenvalue weighted by Gasteiger charge is 2.27. The predicted molar refractivity (Wildman–Crippen MR) is 59.0 cm³/mol. The quantitative estimate of drug-likeness (QED) is 0.533. The summed E-state index contributed by atoms with van der Waals surface area (Å²) < 4.78 is 23.9. The first-order chi connectivity index (χ1) is 6.54. The van der Waals surface area contributed by atoms with E-state index in [1.54, 1.807) is 0 Å². The van der Waals surface area contributed by atoms with Gasteiger partial charge in [-0.2, -0.15) is 0 Å². The molecule has 1 aliphatic heterocycles. The van der Waals surface area contributed by atoms with E-state index in [0.717, 1.165) is 12.8 Å². The second-order valence-electron chi connectivity index (χ2n) is 3.54. The SMILES string of the molecule is CS(=O)(=O)N1CCC(CCN=C=S)C1. The molecule has 0 spiro atoms. The molecule has 1 rings (SSSR count). The van der Waals surface area contributed by atoms with E-state index in [1.807, 2.05) is 0 Å². The maximum atomic E-state index is 11.2. The van der Waals surface area contributed by atoms with Crippen LogP contribution in [0.25, 0.3) is 0 Å². The van der Waals surface area contributed by atoms with Gasteiger partial charge in [-0.15, -0.1) is 0 Å². The van der Waals surface area contributed by atoms with Crippen LogP contribution in [-0.4, -0.2) is 43.8 Å². The van der Waals surface area contributed by atoms with Crippen LogP contribution in [0.3, 0.4) is 0 Å². The molecule has 1 fully saturated rings. The van der Waals surface area contributed by atoms with Crippen molar-refractivity contribution in [1.29, 1.82) is 0 Å². The van der Waals surface area contributed by atoms with Gasteiger partial charge in [0.2, 0.25) is 10.0 Å². The van der Waals surface area contributed by atoms with Crippen LogP contribution in [0.2, 0.25) is 0 Å². The summed E-state index contributed by atoms with van der Waals surface area (Å²) in [7, 11) is -3.00. The first-order valence-electron chi connectivity index (χ1n) is 4.53. The number of hydrogen-bond donors (Lipinski definition) is 0. The zero-order valence-electron chi connectivity index (χ0n) is 8.14. The second-order valence-corrected chi connectivity index (χ2v) is 5.70. The highest BCUT2D eigenvalue weighted by atomic mass is 32.2. The fraction of sp³-hybridized carbons (Fsp3) is 0.875. The van der Waals surface area contributed by atoms with Crippen LogP contribution in [0, 0.1) is 5.92 Å². The van der Waals surface area contributed by atoms with Crippen molar-refractivity contribution < 1.29 is 8.42 Å². The molecule has 4 nitrogen and oxygen atoms in total. The van der Waals surface area contributed by atoms with Gasteiger partial charge in [0.1, 0.15) is 0 Å². The van der Waals surface area contributed by atoms with Gasteiger partial charge in [0.25, 0.3) is 0 Å². The van der Waals surface area contributed by atoms with Crippen LogP contribution >= 0.6 is 12.2 Å². The summed E-state index contributed by atoms with van der Waals surface area (Å²) >= 11 is 4.45. The van der Waals surface area contributed by atoms with Crippen molar-refractivity contribution >= 4 is 27.4 Å². The average Bonchev–Trinajstić information content (AvgIpc) is 2.52. The fourth-order valence-electron chi connectivity index (χ4n) is 1.63. The summed E-state index contributed by atoms with van der Waals surface area (Å²) in [5.74, 6) is 0.428. The Morgan fingerprint density at radius 1 is 1.64 bits per heavy atom. The number of aliphatic imine (C=N–C) groups is 1. The minimum atomic E-state index is -3.00. The lowest BCUT2D eigenvalue weighted by Gasteiger charge is -2.12. The molecule has 1 atom stereocenters. The van der Waals surface area contributed by atoms with Gasteiger partial charge in [0.15, 0.2) is 0 Å². The third-order valence-corrected chi connectivity index (χ3v) is 3.83. The Kier molecular flexibility index (Phi) is 4.19. The average molecular weight is 234 g/mol. The predicted octanol–water partition coefficient (Wildman–Crippen LogP) is 0.761. The van der Waals surface area contributed by atoms with Crippen LogP contribution < -0.4 is 0 Å². The van der Waals surface area contributed by atoms with Gasteiger partial charge in [0, 0.05) is 19.6 Å². The Hall–Kier alpha value is -0.290. The van der Waals surface area contributed by atoms with E-state index >= 15 is 0 Å². The molecule has 0 aromatic heterocycles. The molecule has 0 amide bonds. The zero-order valence-corrected chi connectivity index (χ0v) is 9.77. The van der Waals surface area contributed by atoms with Gasteiger partial charge in [-0.3, -0.25) is 0 Å². The van der Waals surface area contributed by atoms with Crippen molar-refractivity contribution in [2.75, 3.05) is 25.9 Å². The third-order valence-electron chi connectivity index (χ3n) is 2.43. The van der Waals surface area contributed by atoms with E-state index in [1.165, 1.54) is 10.6 Å². The van der Waals surface area contributed by atoms with E-state index < -0.39 is 10.0 Å². The van der Waals surface area contributed by atoms with E-state index in [0.29, 0.717) is 25.6 Å². The first kappa shape index (κ1) is 11.8. The van der Waals surface area contributed by atoms with Crippen molar-refractivity contribution in [3.8, 4) is 0 Å². The van der Waals surface area contributed by atoms with E-state index in [4.69, 9.17) is 0 Å². The molecule has 1 saturated heterocycles. The van der Waals surface area contributed by atoms with Crippen molar-refractivity contribution in [2.45, 2.75) is 12.8 Å². The lowest BCUT2D eigenvalue weighted by Crippen LogP contribution is -2.27. The van der Waals surface area contributed by atoms with E-state index in [2.05, 4.69) is 22.4 Å². The van der Waals surface area contributed by atoms with Crippen LogP contribution in [0.4, 0.5) is 0 Å². The normalized spacial score (nSPS) is 23.4. The molecule has 0 aromatic carbocycles. The number of isothiocyanates is 1. The van der Waals surface area contributed by atoms with Crippen LogP contribution in [0.5, 0.6) is 0 Å². The first-order valence-corrected chi connectivity index (χ1v) is 6.78. The molecular weight excluding hydrogens is 220 g/mol. The monoisotopic (exact) mass is 234 g/mol. The van der Waals surface area contributed by atoms with Crippen molar-refractivity contribution in [3.63, 3.8) is 0 Å². The number of rotatable bonds is 4. The molecule has 1 unspecified atom stereocenters. The minimum absolute atomic E-state index is 0.428. The Labute approximate surface area is 90.1 Å². The van der Waals surface area contributed by atoms with Gasteiger partial charge in [-0.05, 0) is 31.0 Å². The highest BCUT2D eigenvalue weighted by Crippen LogP contribution is 2.21. The zero-order chi connectivity index (χ0) is 10.6. The standard InChI is InChI=1S/C8H14N2O2S2/c1-14(11,12)10-5-3-8(6-10)2-4-9-7-13/h8H,2-6H2,1H3. The third kappa shape index (κ3) is 3.46. The van der Waals surface area contributed by atoms with Crippen LogP contribution in [0.1, 0.15) is 12.8 Å². The summed E-state index contributed by atoms with van der Waals surface area (Å²) in [4.78, 5) is 3.82. The molecule has 14 heavy (non-hydrogen) atoms. The number of hydrogen-bond acceptors (Lipinski definition) is 4. The van der Waals surface area contributed by atoms with Crippen molar-refractivity contribution in [1.82, 2.24) is 4.31 Å². The second kappa shape index (κ2) is 4.98. The summed E-state index contributed by atoms with van der Waals surface area (Å²) in [5, 5.41) is 2.31. The fourth-order valence-corrected chi connectivity index (χ4v) is 2.64. The Bertz CT molecular complexity index is 333. The topological polar surface area (TPSA) is 49.7 Å². The Balaban J connectivity index is 2.38. The van der Waals surface area contributed by atoms with Crippen molar-refractivity contribution in [3.05, 3.63) is 0 Å². The molecule has 1 aliphatic rings. The maximum absolute atomic E-state index is 11.2. The molecule has 0 radical (unpaired) electrons. The Morgan fingerprint density at radius 2 is 2.36 bits per heavy atom. The molecule has 0 N–H and O–H groups in total. The molecular formula is C8H14N2O2S2. The summed E-state index contributed by atoms with van der Waals surface area (Å²) in [5.41, 5.74) is 0. The summed E-state index contributed by atoms with van der Waals surface area (Å²) in [6.07, 6.45) is 3.08. The number of thiocarbonyl (C=S) groups is 1. The number of nitrogens with zero attached hydrogens (tertiary/aromatic N) is 2. The lowest BCUT2D eigenvalue weighted by molar-refractivity contribution is 0.453. The molecule has 6 heteroatoms. The molecule has 80 valence electrons. The van der Waals surface area contributed by atoms with Gasteiger partial charge in [-0.25, -0.2) is 17.7 Å². The van der Waals surface area contributed by atoms with Gasteiger partial charge in [0.05, 0.1) is 11.4 Å². The van der Waals surface area contributed by atoms with E-state index in [-0.39, 0.29) is 0 Å². The van der Waals surface area contributed by atoms with Gasteiger partial charge < -0.3 is 0 Å². The molecule has 0 aliphatic carbocycles. The van der Waals surface area contributed by atoms with Gasteiger partial charge >= 0.3 is 0 Å². The molecule has 0 saturated carbocycles. The van der Waals surface area contributed by atoms with E-state index in [9.17, 15) is 8.42 Å². The molecule has 1 heterocycles. The van der Waals surface area contributed by atoms with Gasteiger partial charge in [-0.1, -0.05) is 0 Å². The molecule has 0 bridgehead atoms. The lowest BCUT2D eigenvalue weighted by atomic mass is 10.1. The number of sulfonamides is 1. The smallest absolute Gasteiger partial charge is 0.211 e. The minimum Gasteiger partial charge on any atom is -0.233 e. The molecule has 0 aromatic rings. The largest absolute Gasteiger partial charge is 0.233 e. The summed E-state index contributed by atoms with van der Waals surface area (Å²) in [6.45, 7) is 1.93. The summed E-state index contributed by atoms with van der Waals surface area (Å²) in [6, 6.07) is 0. The highest BCUT2D eigenvalue weighted by molar-refractivity contribution is 7.88. The Morgan fingerprint density at radius 3 is 2.86 bits per heavy atom. The van der Waals surface area contributed by atoms with Crippen molar-refractivity contribution in [2.24, 2.45) is 10.9 Å². The maximum Gasteiger partial charge on any atom is 0.211 e. The van der Waals surface area contributed by atoms with Crippen LogP contribution in [-0.2, 0) is 10.0 Å². The van der Waals surface area contributed by atoms with Crippen LogP contribution in [0.15, 0.2) is 4.99 Å².